The van der Waals surface area contributed by atoms with Gasteiger partial charge in [-0.25, -0.2) is 0 Å². The van der Waals surface area contributed by atoms with Crippen molar-refractivity contribution < 1.29 is 9.66 Å². The fourth-order valence-electron chi connectivity index (χ4n) is 3.13. The van der Waals surface area contributed by atoms with Crippen LogP contribution < -0.4 is 10.1 Å². The van der Waals surface area contributed by atoms with Crippen LogP contribution in [-0.4, -0.2) is 18.6 Å². The molecule has 0 bridgehead atoms. The summed E-state index contributed by atoms with van der Waals surface area (Å²) in [4.78, 5) is 10.5. The van der Waals surface area contributed by atoms with Crippen molar-refractivity contribution in [3.63, 3.8) is 0 Å². The molecule has 2 unspecified atom stereocenters. The highest BCUT2D eigenvalue weighted by Crippen LogP contribution is 2.28. The molecule has 0 saturated heterocycles. The number of nitro groups is 1. The Hall–Kier alpha value is -1.62. The molecule has 1 N–H and O–H groups in total. The van der Waals surface area contributed by atoms with Crippen LogP contribution in [0, 0.1) is 22.0 Å². The lowest BCUT2D eigenvalue weighted by atomic mass is 9.82. The van der Waals surface area contributed by atoms with E-state index in [0.717, 1.165) is 23.9 Å². The molecule has 1 fully saturated rings. The first kappa shape index (κ1) is 15.8. The van der Waals surface area contributed by atoms with Crippen molar-refractivity contribution in [2.75, 3.05) is 13.7 Å². The Labute approximate surface area is 125 Å². The predicted octanol–water partition coefficient (Wildman–Crippen LogP) is 3.52. The summed E-state index contributed by atoms with van der Waals surface area (Å²) in [5.74, 6) is 2.09. The Morgan fingerprint density at radius 3 is 2.86 bits per heavy atom. The topological polar surface area (TPSA) is 64.4 Å². The van der Waals surface area contributed by atoms with Gasteiger partial charge in [0, 0.05) is 12.6 Å². The maximum atomic E-state index is 10.9. The van der Waals surface area contributed by atoms with E-state index in [9.17, 15) is 10.1 Å². The van der Waals surface area contributed by atoms with E-state index in [1.807, 2.05) is 6.07 Å². The molecule has 0 radical (unpaired) electrons. The lowest BCUT2D eigenvalue weighted by Gasteiger charge is -2.26. The zero-order valence-corrected chi connectivity index (χ0v) is 12.8. The number of hydrogen-bond acceptors (Lipinski definition) is 4. The van der Waals surface area contributed by atoms with Gasteiger partial charge in [0.25, 0.3) is 5.69 Å². The zero-order valence-electron chi connectivity index (χ0n) is 12.8. The molecule has 116 valence electrons. The van der Waals surface area contributed by atoms with E-state index < -0.39 is 0 Å². The summed E-state index contributed by atoms with van der Waals surface area (Å²) < 4.78 is 5.12. The third-order valence-electron chi connectivity index (χ3n) is 4.20. The molecular formula is C16H24N2O3. The van der Waals surface area contributed by atoms with E-state index in [0.29, 0.717) is 12.3 Å². The van der Waals surface area contributed by atoms with Gasteiger partial charge in [-0.05, 0) is 42.9 Å². The van der Waals surface area contributed by atoms with E-state index in [1.165, 1.54) is 38.9 Å². The van der Waals surface area contributed by atoms with Crippen molar-refractivity contribution in [3.05, 3.63) is 33.9 Å². The fraction of sp³-hybridized carbons (Fsp3) is 0.625. The Morgan fingerprint density at radius 2 is 2.19 bits per heavy atom. The van der Waals surface area contributed by atoms with E-state index in [1.54, 1.807) is 6.07 Å². The number of methoxy groups -OCH3 is 1. The van der Waals surface area contributed by atoms with Crippen LogP contribution in [-0.2, 0) is 6.54 Å². The normalized spacial score (nSPS) is 22.0. The second kappa shape index (κ2) is 7.41. The smallest absolute Gasteiger partial charge is 0.273 e. The minimum Gasteiger partial charge on any atom is -0.496 e. The summed E-state index contributed by atoms with van der Waals surface area (Å²) in [5.41, 5.74) is 0.974. The van der Waals surface area contributed by atoms with Crippen LogP contribution in [0.2, 0.25) is 0 Å². The summed E-state index contributed by atoms with van der Waals surface area (Å²) >= 11 is 0. The lowest BCUT2D eigenvalue weighted by molar-refractivity contribution is -0.385. The minimum absolute atomic E-state index is 0.0810. The maximum absolute atomic E-state index is 10.9. The average molecular weight is 292 g/mol. The van der Waals surface area contributed by atoms with Gasteiger partial charge in [-0.3, -0.25) is 10.1 Å². The van der Waals surface area contributed by atoms with Gasteiger partial charge in [0.1, 0.15) is 5.75 Å². The molecule has 0 spiro atoms. The van der Waals surface area contributed by atoms with Crippen molar-refractivity contribution in [2.45, 2.75) is 39.2 Å². The first-order valence-corrected chi connectivity index (χ1v) is 7.61. The second-order valence-corrected chi connectivity index (χ2v) is 6.07. The minimum atomic E-state index is -0.380. The zero-order chi connectivity index (χ0) is 15.2. The van der Waals surface area contributed by atoms with E-state index in [4.69, 9.17) is 4.74 Å². The molecule has 1 aliphatic carbocycles. The largest absolute Gasteiger partial charge is 0.496 e. The van der Waals surface area contributed by atoms with Crippen LogP contribution in [0.15, 0.2) is 18.2 Å². The fourth-order valence-corrected chi connectivity index (χ4v) is 3.13. The molecule has 0 heterocycles. The number of nitrogens with zero attached hydrogens (tertiary/aromatic N) is 1. The van der Waals surface area contributed by atoms with Crippen LogP contribution in [0.4, 0.5) is 5.69 Å². The Morgan fingerprint density at radius 1 is 1.38 bits per heavy atom. The molecule has 0 amide bonds. The van der Waals surface area contributed by atoms with Gasteiger partial charge in [0.2, 0.25) is 0 Å². The van der Waals surface area contributed by atoms with Crippen LogP contribution >= 0.6 is 0 Å². The number of non-ortho nitro benzene ring substituents is 1. The monoisotopic (exact) mass is 292 g/mol. The molecule has 0 aliphatic heterocycles. The van der Waals surface area contributed by atoms with Crippen molar-refractivity contribution in [1.29, 1.82) is 0 Å². The lowest BCUT2D eigenvalue weighted by Crippen LogP contribution is -2.26. The molecule has 21 heavy (non-hydrogen) atoms. The number of nitro benzene ring substituents is 1. The summed E-state index contributed by atoms with van der Waals surface area (Å²) in [6.45, 7) is 3.94. The van der Waals surface area contributed by atoms with Gasteiger partial charge >= 0.3 is 0 Å². The van der Waals surface area contributed by atoms with Crippen LogP contribution in [0.5, 0.6) is 5.75 Å². The van der Waals surface area contributed by atoms with E-state index in [-0.39, 0.29) is 10.6 Å². The quantitative estimate of drug-likeness (QED) is 0.643. The van der Waals surface area contributed by atoms with Gasteiger partial charge in [-0.1, -0.05) is 19.8 Å². The first-order valence-electron chi connectivity index (χ1n) is 7.61. The van der Waals surface area contributed by atoms with Crippen molar-refractivity contribution >= 4 is 5.69 Å². The van der Waals surface area contributed by atoms with E-state index >= 15 is 0 Å². The molecule has 1 aromatic rings. The Bertz CT molecular complexity index is 490. The Balaban J connectivity index is 1.90. The van der Waals surface area contributed by atoms with Gasteiger partial charge < -0.3 is 10.1 Å². The molecular weight excluding hydrogens is 268 g/mol. The number of nitrogens with one attached hydrogen (secondary N) is 1. The molecule has 2 rings (SSSR count). The van der Waals surface area contributed by atoms with Crippen molar-refractivity contribution in [2.24, 2.45) is 11.8 Å². The van der Waals surface area contributed by atoms with Crippen molar-refractivity contribution in [1.82, 2.24) is 5.32 Å². The third-order valence-corrected chi connectivity index (χ3v) is 4.20. The second-order valence-electron chi connectivity index (χ2n) is 6.07. The molecule has 1 saturated carbocycles. The SMILES string of the molecule is COc1cc(CNCC2CCCC(C)C2)cc([N+](=O)[O-])c1. The Kier molecular flexibility index (Phi) is 5.56. The van der Waals surface area contributed by atoms with Crippen LogP contribution in [0.1, 0.15) is 38.2 Å². The summed E-state index contributed by atoms with van der Waals surface area (Å²) in [5, 5.41) is 14.3. The van der Waals surface area contributed by atoms with Gasteiger partial charge in [-0.15, -0.1) is 0 Å². The van der Waals surface area contributed by atoms with Gasteiger partial charge in [-0.2, -0.15) is 0 Å². The highest BCUT2D eigenvalue weighted by Gasteiger charge is 2.18. The maximum Gasteiger partial charge on any atom is 0.273 e. The summed E-state index contributed by atoms with van der Waals surface area (Å²) in [7, 11) is 1.53. The molecule has 1 aromatic carbocycles. The van der Waals surface area contributed by atoms with E-state index in [2.05, 4.69) is 12.2 Å². The van der Waals surface area contributed by atoms with Gasteiger partial charge in [0.15, 0.2) is 0 Å². The average Bonchev–Trinajstić information content (AvgIpc) is 2.47. The summed E-state index contributed by atoms with van der Waals surface area (Å²) in [6, 6.07) is 4.91. The molecule has 5 nitrogen and oxygen atoms in total. The number of hydrogen-bond donors (Lipinski definition) is 1. The number of ether oxygens (including phenoxy) is 1. The van der Waals surface area contributed by atoms with Crippen LogP contribution in [0.25, 0.3) is 0 Å². The highest BCUT2D eigenvalue weighted by atomic mass is 16.6. The standard InChI is InChI=1S/C16H24N2O3/c1-12-4-3-5-13(6-12)10-17-11-14-7-15(18(19)20)9-16(8-14)21-2/h7-9,12-13,17H,3-6,10-11H2,1-2H3. The third kappa shape index (κ3) is 4.70. The molecule has 2 atom stereocenters. The molecule has 0 aromatic heterocycles. The number of benzene rings is 1. The van der Waals surface area contributed by atoms with Crippen molar-refractivity contribution in [3.8, 4) is 5.75 Å². The number of rotatable bonds is 6. The van der Waals surface area contributed by atoms with Crippen LogP contribution in [0.3, 0.4) is 0 Å². The first-order chi connectivity index (χ1) is 10.1. The molecule has 5 heteroatoms. The van der Waals surface area contributed by atoms with Gasteiger partial charge in [0.05, 0.1) is 18.1 Å². The molecule has 1 aliphatic rings. The predicted molar refractivity (Wildman–Crippen MR) is 82.5 cm³/mol. The summed E-state index contributed by atoms with van der Waals surface area (Å²) in [6.07, 6.45) is 5.23. The highest BCUT2D eigenvalue weighted by molar-refractivity contribution is 5.42.